The van der Waals surface area contributed by atoms with Crippen molar-refractivity contribution in [3.8, 4) is 0 Å². The summed E-state index contributed by atoms with van der Waals surface area (Å²) < 4.78 is 20.4. The fourth-order valence-corrected chi connectivity index (χ4v) is 6.81. The summed E-state index contributed by atoms with van der Waals surface area (Å²) in [6.45, 7) is 5.36. The van der Waals surface area contributed by atoms with Crippen LogP contribution in [-0.2, 0) is 27.3 Å². The van der Waals surface area contributed by atoms with Crippen LogP contribution in [0.3, 0.4) is 0 Å². The first-order valence-electron chi connectivity index (χ1n) is 13.9. The number of ether oxygens (including phenoxy) is 1. The van der Waals surface area contributed by atoms with Crippen LogP contribution < -0.4 is 5.73 Å². The summed E-state index contributed by atoms with van der Waals surface area (Å²) in [6, 6.07) is 1.34. The third-order valence-electron chi connectivity index (χ3n) is 9.10. The Labute approximate surface area is 227 Å². The van der Waals surface area contributed by atoms with Crippen LogP contribution in [-0.4, -0.2) is 64.1 Å². The number of carbonyl (C=O) groups is 2. The van der Waals surface area contributed by atoms with Crippen LogP contribution in [0.25, 0.3) is 16.6 Å². The van der Waals surface area contributed by atoms with Crippen molar-refractivity contribution in [3.05, 3.63) is 57.1 Å². The van der Waals surface area contributed by atoms with E-state index < -0.39 is 11.6 Å². The number of aryl methyl sites for hydroxylation is 1. The average molecular weight is 535 g/mol. The third kappa shape index (κ3) is 3.81. The minimum absolute atomic E-state index is 0.0742. The number of fused-ring (bicyclic) bond motifs is 4. The van der Waals surface area contributed by atoms with Crippen molar-refractivity contribution in [1.29, 1.82) is 0 Å². The molecule has 0 saturated carbocycles. The van der Waals surface area contributed by atoms with E-state index in [1.165, 1.54) is 6.07 Å². The second-order valence-electron chi connectivity index (χ2n) is 11.2. The summed E-state index contributed by atoms with van der Waals surface area (Å²) in [5.74, 6) is -0.843. The number of halogens is 1. The smallest absolute Gasteiger partial charge is 0.343 e. The van der Waals surface area contributed by atoms with E-state index in [-0.39, 0.29) is 30.8 Å². The van der Waals surface area contributed by atoms with Gasteiger partial charge in [0.15, 0.2) is 5.60 Å². The van der Waals surface area contributed by atoms with Crippen LogP contribution in [0.2, 0.25) is 0 Å². The Morgan fingerprint density at radius 3 is 2.87 bits per heavy atom. The van der Waals surface area contributed by atoms with E-state index >= 15 is 4.39 Å². The molecule has 0 radical (unpaired) electrons. The number of carbonyl (C=O) groups excluding carboxylic acids is 2. The zero-order chi connectivity index (χ0) is 27.6. The van der Waals surface area contributed by atoms with Crippen molar-refractivity contribution in [2.24, 2.45) is 5.73 Å². The lowest BCUT2D eigenvalue weighted by Crippen LogP contribution is -2.47. The maximum absolute atomic E-state index is 15.1. The Hall–Kier alpha value is -3.30. The van der Waals surface area contributed by atoms with Gasteiger partial charge in [-0.05, 0) is 73.9 Å². The molecule has 4 heterocycles. The standard InChI is InChI=1S/C30H35FN4O4/c1-4-30(38)20-11-24-28-19(14-35(24)13-17(20)15-39-29(30)37)27-23(34(3)25(36)7-5-6-10-32)9-8-18-16(2)21(31)12-22(33-28)26(18)27/h11-12,23,38H,4-10,13-15,32H2,1-3H3/t23-,30-/m0/s1. The van der Waals surface area contributed by atoms with Crippen molar-refractivity contribution in [1.82, 2.24) is 14.8 Å². The maximum Gasteiger partial charge on any atom is 0.343 e. The number of pyridine rings is 1. The molecule has 9 heteroatoms. The number of hydrogen-bond donors (Lipinski definition) is 2. The van der Waals surface area contributed by atoms with Gasteiger partial charge in [0.1, 0.15) is 12.4 Å². The highest BCUT2D eigenvalue weighted by atomic mass is 19.1. The van der Waals surface area contributed by atoms with Crippen LogP contribution in [0.1, 0.15) is 73.0 Å². The predicted molar refractivity (Wildman–Crippen MR) is 145 cm³/mol. The minimum atomic E-state index is -1.70. The summed E-state index contributed by atoms with van der Waals surface area (Å²) in [6.07, 6.45) is 5.43. The number of aliphatic hydroxyl groups is 1. The molecule has 0 unspecified atom stereocenters. The highest BCUT2D eigenvalue weighted by Gasteiger charge is 2.47. The molecule has 1 aliphatic carbocycles. The molecule has 8 nitrogen and oxygen atoms in total. The Morgan fingerprint density at radius 2 is 2.13 bits per heavy atom. The molecule has 1 amide bonds. The molecule has 206 valence electrons. The predicted octanol–water partition coefficient (Wildman–Crippen LogP) is 3.42. The molecule has 6 rings (SSSR count). The fourth-order valence-electron chi connectivity index (χ4n) is 6.81. The third-order valence-corrected chi connectivity index (χ3v) is 9.10. The quantitative estimate of drug-likeness (QED) is 0.432. The summed E-state index contributed by atoms with van der Waals surface area (Å²) >= 11 is 0. The number of hydrogen-bond acceptors (Lipinski definition) is 7. The van der Waals surface area contributed by atoms with Gasteiger partial charge in [0.2, 0.25) is 5.91 Å². The molecule has 39 heavy (non-hydrogen) atoms. The Kier molecular flexibility index (Phi) is 6.26. The summed E-state index contributed by atoms with van der Waals surface area (Å²) in [4.78, 5) is 34.8. The van der Waals surface area contributed by atoms with Crippen molar-refractivity contribution in [3.63, 3.8) is 0 Å². The van der Waals surface area contributed by atoms with Crippen LogP contribution in [0.5, 0.6) is 0 Å². The highest BCUT2D eigenvalue weighted by Crippen LogP contribution is 2.49. The second-order valence-corrected chi connectivity index (χ2v) is 11.2. The van der Waals surface area contributed by atoms with Crippen LogP contribution in [0.15, 0.2) is 23.3 Å². The molecular formula is C30H35FN4O4. The van der Waals surface area contributed by atoms with Gasteiger partial charge in [-0.15, -0.1) is 0 Å². The van der Waals surface area contributed by atoms with E-state index in [9.17, 15) is 14.7 Å². The maximum atomic E-state index is 15.1. The lowest BCUT2D eigenvalue weighted by atomic mass is 9.81. The van der Waals surface area contributed by atoms with E-state index in [4.69, 9.17) is 15.5 Å². The molecule has 3 N–H and O–H groups in total. The fraction of sp³-hybridized carbons (Fsp3) is 0.500. The highest BCUT2D eigenvalue weighted by molar-refractivity contribution is 5.94. The van der Waals surface area contributed by atoms with E-state index in [1.54, 1.807) is 6.92 Å². The van der Waals surface area contributed by atoms with Crippen molar-refractivity contribution >= 4 is 28.5 Å². The van der Waals surface area contributed by atoms with E-state index in [2.05, 4.69) is 4.90 Å². The van der Waals surface area contributed by atoms with Crippen molar-refractivity contribution in [2.45, 2.75) is 70.6 Å². The lowest BCUT2D eigenvalue weighted by Gasteiger charge is -2.38. The number of cyclic esters (lactones) is 1. The molecule has 4 aliphatic rings. The molecular weight excluding hydrogens is 499 g/mol. The Morgan fingerprint density at radius 1 is 1.33 bits per heavy atom. The van der Waals surface area contributed by atoms with Crippen LogP contribution >= 0.6 is 0 Å². The van der Waals surface area contributed by atoms with Gasteiger partial charge in [0.05, 0.1) is 22.9 Å². The first-order chi connectivity index (χ1) is 18.7. The topological polar surface area (TPSA) is 109 Å². The molecule has 0 spiro atoms. The number of esters is 1. The molecule has 2 aromatic rings. The zero-order valence-corrected chi connectivity index (χ0v) is 22.8. The number of rotatable bonds is 6. The molecule has 1 aromatic heterocycles. The van der Waals surface area contributed by atoms with Gasteiger partial charge in [-0.2, -0.15) is 0 Å². The first-order valence-corrected chi connectivity index (χ1v) is 13.9. The van der Waals surface area contributed by atoms with Crippen molar-refractivity contribution < 1.29 is 23.8 Å². The molecule has 3 aliphatic heterocycles. The van der Waals surface area contributed by atoms with Crippen LogP contribution in [0, 0.1) is 12.7 Å². The normalized spacial score (nSPS) is 23.3. The molecule has 0 bridgehead atoms. The van der Waals surface area contributed by atoms with Crippen LogP contribution in [0.4, 0.5) is 4.39 Å². The number of aromatic nitrogens is 1. The van der Waals surface area contributed by atoms with Gasteiger partial charge >= 0.3 is 5.97 Å². The van der Waals surface area contributed by atoms with Gasteiger partial charge in [0.25, 0.3) is 0 Å². The van der Waals surface area contributed by atoms with Crippen molar-refractivity contribution in [2.75, 3.05) is 26.7 Å². The van der Waals surface area contributed by atoms with Gasteiger partial charge < -0.3 is 25.4 Å². The first kappa shape index (κ1) is 26.0. The Bertz CT molecular complexity index is 1480. The van der Waals surface area contributed by atoms with E-state index in [1.807, 2.05) is 24.9 Å². The SMILES string of the molecule is CC[C@@]1(O)C(=O)OCC2=C1C=C1c3nc4cc(F)c(C)c5c4c(c3CN1C2)[C@@H](N(C)C(=O)CCCCN)CC5. The number of nitrogens with zero attached hydrogens (tertiary/aromatic N) is 3. The average Bonchev–Trinajstić information content (AvgIpc) is 3.29. The van der Waals surface area contributed by atoms with Gasteiger partial charge in [-0.3, -0.25) is 4.79 Å². The number of unbranched alkanes of at least 4 members (excludes halogenated alkanes) is 1. The molecule has 0 fully saturated rings. The largest absolute Gasteiger partial charge is 0.459 e. The number of amides is 1. The Balaban J connectivity index is 1.52. The van der Waals surface area contributed by atoms with Gasteiger partial charge in [-0.1, -0.05) is 6.92 Å². The summed E-state index contributed by atoms with van der Waals surface area (Å²) in [5.41, 5.74) is 11.2. The molecule has 2 atom stereocenters. The second kappa shape index (κ2) is 9.41. The zero-order valence-electron chi connectivity index (χ0n) is 22.8. The van der Waals surface area contributed by atoms with E-state index in [0.29, 0.717) is 55.5 Å². The summed E-state index contributed by atoms with van der Waals surface area (Å²) in [5, 5.41) is 12.2. The number of benzene rings is 1. The number of nitrogens with two attached hydrogens (primary N) is 1. The summed E-state index contributed by atoms with van der Waals surface area (Å²) in [7, 11) is 1.86. The molecule has 0 saturated heterocycles. The monoisotopic (exact) mass is 534 g/mol. The molecule has 1 aromatic carbocycles. The lowest BCUT2D eigenvalue weighted by molar-refractivity contribution is -0.163. The van der Waals surface area contributed by atoms with Gasteiger partial charge in [-0.25, -0.2) is 14.2 Å². The minimum Gasteiger partial charge on any atom is -0.459 e. The van der Waals surface area contributed by atoms with E-state index in [0.717, 1.165) is 51.9 Å². The van der Waals surface area contributed by atoms with Gasteiger partial charge in [0, 0.05) is 49.1 Å².